The van der Waals surface area contributed by atoms with Crippen LogP contribution in [0.1, 0.15) is 31.5 Å². The number of nitrogen functional groups attached to an aromatic ring is 1. The third kappa shape index (κ3) is 9.65. The van der Waals surface area contributed by atoms with Crippen molar-refractivity contribution in [2.75, 3.05) is 24.2 Å². The van der Waals surface area contributed by atoms with Crippen LogP contribution in [0.5, 0.6) is 0 Å². The topological polar surface area (TPSA) is 403 Å². The molecule has 11 N–H and O–H groups in total. The van der Waals surface area contributed by atoms with Crippen molar-refractivity contribution in [3.05, 3.63) is 50.6 Å². The molecule has 1 fully saturated rings. The van der Waals surface area contributed by atoms with Crippen molar-refractivity contribution in [1.82, 2.24) is 19.5 Å². The van der Waals surface area contributed by atoms with E-state index >= 15 is 0 Å². The highest BCUT2D eigenvalue weighted by Gasteiger charge is 2.55. The second kappa shape index (κ2) is 15.6. The summed E-state index contributed by atoms with van der Waals surface area (Å²) in [6.07, 6.45) is -2.40. The number of aromatic nitrogens is 4. The minimum Gasteiger partial charge on any atom is -0.387 e. The van der Waals surface area contributed by atoms with Gasteiger partial charge in [-0.3, -0.25) is 35.1 Å². The summed E-state index contributed by atoms with van der Waals surface area (Å²) >= 11 is 0. The molecule has 0 radical (unpaired) electrons. The Kier molecular flexibility index (Phi) is 12.3. The number of aliphatic hydroxyl groups excluding tert-OH is 2. The summed E-state index contributed by atoms with van der Waals surface area (Å²) in [4.78, 5) is 69.8. The van der Waals surface area contributed by atoms with Gasteiger partial charge in [0.05, 0.1) is 16.5 Å². The third-order valence-corrected chi connectivity index (χ3v) is 11.0. The summed E-state index contributed by atoms with van der Waals surface area (Å²) in [5.41, 5.74) is 11.1. The molecular weight excluding hydrogens is 755 g/mol. The van der Waals surface area contributed by atoms with E-state index in [-0.39, 0.29) is 41.5 Å². The van der Waals surface area contributed by atoms with Gasteiger partial charge in [-0.15, -0.1) is 0 Å². The number of phosphoric acid groups is 3. The lowest BCUT2D eigenvalue weighted by molar-refractivity contribution is -0.421. The first-order chi connectivity index (χ1) is 23.7. The number of aliphatic hydroxyl groups is 2. The summed E-state index contributed by atoms with van der Waals surface area (Å²) in [7, 11) is -17.1. The molecule has 1 aliphatic heterocycles. The van der Waals surface area contributed by atoms with E-state index in [4.69, 9.17) is 26.0 Å². The minimum atomic E-state index is -5.84. The molecule has 2 unspecified atom stereocenters. The van der Waals surface area contributed by atoms with E-state index < -0.39 is 75.5 Å². The minimum absolute atomic E-state index is 0.00693. The lowest BCUT2D eigenvalue weighted by Gasteiger charge is -2.30. The number of hydrogen-bond acceptors (Lipinski definition) is 19. The predicted molar refractivity (Wildman–Crippen MR) is 169 cm³/mol. The van der Waals surface area contributed by atoms with Crippen molar-refractivity contribution in [2.45, 2.75) is 56.3 Å². The van der Waals surface area contributed by atoms with Crippen molar-refractivity contribution in [3.8, 4) is 0 Å². The number of unbranched alkanes of at least 4 members (excludes halogenated alkanes) is 3. The SMILES string of the molecule is Nc1ncnc2c1nc(CCCCCCNc1cccc([N+](=O)[O-])c1[N+](=O)[O-])n2[C@]1(N)O[C@H](COP(=O)(O)OP(=O)(O)OP(=O)(O)O)[C@@H](O)[C@H]1O. The molecular formula is C22H32N9O17P3. The van der Waals surface area contributed by atoms with Gasteiger partial charge in [0, 0.05) is 19.0 Å². The summed E-state index contributed by atoms with van der Waals surface area (Å²) in [6.45, 7) is -0.883. The number of imidazole rings is 1. The number of hydrogen-bond donors (Lipinski definition) is 9. The average Bonchev–Trinajstić information content (AvgIpc) is 3.49. The van der Waals surface area contributed by atoms with E-state index in [0.29, 0.717) is 25.7 Å². The van der Waals surface area contributed by atoms with Crippen LogP contribution < -0.4 is 16.8 Å². The van der Waals surface area contributed by atoms with E-state index in [0.717, 1.165) is 17.0 Å². The molecule has 3 aromatic rings. The Hall–Kier alpha value is -3.58. The second-order valence-electron chi connectivity index (χ2n) is 10.8. The molecule has 0 aliphatic carbocycles. The van der Waals surface area contributed by atoms with Gasteiger partial charge >= 0.3 is 34.8 Å². The lowest BCUT2D eigenvalue weighted by Crippen LogP contribution is -2.53. The Morgan fingerprint density at radius 3 is 2.33 bits per heavy atom. The summed E-state index contributed by atoms with van der Waals surface area (Å²) in [5.74, 6) is -2.32. The number of nitro benzene ring substituents is 2. The molecule has 282 valence electrons. The number of aryl methyl sites for hydroxylation is 1. The number of nitrogens with one attached hydrogen (secondary N) is 1. The molecule has 26 nitrogen and oxygen atoms in total. The standard InChI is InChI=1S/C22H32N9O17P3/c23-20-16-21(27-11-26-20)29(15(28-16)8-3-1-2-4-9-25-12-6-5-7-13(30(34)35)17(12)31(36)37)22(24)19(33)18(32)14(46-22)10-45-50(41,42)48-51(43,44)47-49(38,39)40/h5-7,11,14,18-19,25,32-33H,1-4,8-10,24H2,(H,41,42)(H,43,44)(H2,23,26,27)(H2,38,39,40)/t14-,18-,19-,22+/m1/s1. The number of nitrogens with two attached hydrogens (primary N) is 2. The number of benzene rings is 1. The van der Waals surface area contributed by atoms with Crippen LogP contribution in [0.25, 0.3) is 11.2 Å². The fourth-order valence-corrected chi connectivity index (χ4v) is 8.14. The van der Waals surface area contributed by atoms with Crippen LogP contribution in [0.4, 0.5) is 22.9 Å². The van der Waals surface area contributed by atoms with Gasteiger partial charge in [0.25, 0.3) is 0 Å². The molecule has 0 spiro atoms. The van der Waals surface area contributed by atoms with Crippen LogP contribution >= 0.6 is 23.5 Å². The largest absolute Gasteiger partial charge is 0.490 e. The maximum Gasteiger partial charge on any atom is 0.490 e. The van der Waals surface area contributed by atoms with Crippen LogP contribution in [0, 0.1) is 20.2 Å². The Morgan fingerprint density at radius 1 is 1.00 bits per heavy atom. The van der Waals surface area contributed by atoms with Crippen molar-refractivity contribution < 1.29 is 71.2 Å². The Bertz CT molecular complexity index is 1930. The molecule has 4 rings (SSSR count). The molecule has 0 amide bonds. The summed E-state index contributed by atoms with van der Waals surface area (Å²) in [6, 6.07) is 3.71. The number of anilines is 2. The third-order valence-electron chi connectivity index (χ3n) is 7.21. The van der Waals surface area contributed by atoms with Crippen molar-refractivity contribution in [1.29, 1.82) is 0 Å². The number of nitrogens with zero attached hydrogens (tertiary/aromatic N) is 6. The van der Waals surface area contributed by atoms with Crippen LogP contribution in [0.3, 0.4) is 0 Å². The first-order valence-corrected chi connectivity index (χ1v) is 18.9. The molecule has 0 saturated carbocycles. The number of nitro groups is 2. The van der Waals surface area contributed by atoms with E-state index in [9.17, 15) is 53.9 Å². The summed E-state index contributed by atoms with van der Waals surface area (Å²) < 4.78 is 53.3. The molecule has 1 aliphatic rings. The van der Waals surface area contributed by atoms with E-state index in [1.807, 2.05) is 0 Å². The van der Waals surface area contributed by atoms with Crippen LogP contribution in [-0.2, 0) is 43.8 Å². The first-order valence-electron chi connectivity index (χ1n) is 14.4. The zero-order chi connectivity index (χ0) is 37.9. The number of fused-ring (bicyclic) bond motifs is 1. The van der Waals surface area contributed by atoms with Gasteiger partial charge in [0.15, 0.2) is 17.0 Å². The highest BCUT2D eigenvalue weighted by Crippen LogP contribution is 2.66. The molecule has 1 aromatic carbocycles. The zero-order valence-corrected chi connectivity index (χ0v) is 28.5. The first kappa shape index (κ1) is 40.2. The maximum atomic E-state index is 12.2. The van der Waals surface area contributed by atoms with Crippen molar-refractivity contribution in [3.63, 3.8) is 0 Å². The van der Waals surface area contributed by atoms with Gasteiger partial charge < -0.3 is 45.6 Å². The molecule has 51 heavy (non-hydrogen) atoms. The van der Waals surface area contributed by atoms with Gasteiger partial charge in [-0.1, -0.05) is 18.9 Å². The van der Waals surface area contributed by atoms with Crippen LogP contribution in [-0.4, -0.2) is 90.6 Å². The highest BCUT2D eigenvalue weighted by molar-refractivity contribution is 7.66. The van der Waals surface area contributed by atoms with Crippen molar-refractivity contribution in [2.24, 2.45) is 5.73 Å². The molecule has 29 heteroatoms. The summed E-state index contributed by atoms with van der Waals surface area (Å²) in [5, 5.41) is 47.1. The second-order valence-corrected chi connectivity index (χ2v) is 15.2. The van der Waals surface area contributed by atoms with Crippen molar-refractivity contribution >= 4 is 57.5 Å². The lowest BCUT2D eigenvalue weighted by atomic mass is 10.1. The highest BCUT2D eigenvalue weighted by atomic mass is 31.3. The predicted octanol–water partition coefficient (Wildman–Crippen LogP) is 0.473. The molecule has 0 bridgehead atoms. The average molecular weight is 787 g/mol. The number of ether oxygens (including phenoxy) is 1. The molecule has 1 saturated heterocycles. The number of rotatable bonds is 18. The fourth-order valence-electron chi connectivity index (χ4n) is 5.11. The Labute approximate surface area is 285 Å². The number of phosphoric ester groups is 1. The Morgan fingerprint density at radius 2 is 1.69 bits per heavy atom. The smallest absolute Gasteiger partial charge is 0.387 e. The van der Waals surface area contributed by atoms with Gasteiger partial charge in [-0.05, 0) is 18.9 Å². The Balaban J connectivity index is 1.42. The maximum absolute atomic E-state index is 12.2. The van der Waals surface area contributed by atoms with E-state index in [1.165, 1.54) is 12.1 Å². The quantitative estimate of drug-likeness (QED) is 0.0366. The number of para-hydroxylation sites is 1. The zero-order valence-electron chi connectivity index (χ0n) is 25.8. The van der Waals surface area contributed by atoms with Gasteiger partial charge in [-0.2, -0.15) is 8.62 Å². The van der Waals surface area contributed by atoms with Gasteiger partial charge in [-0.25, -0.2) is 28.6 Å². The van der Waals surface area contributed by atoms with Gasteiger partial charge in [0.2, 0.25) is 5.85 Å². The molecule has 3 heterocycles. The van der Waals surface area contributed by atoms with E-state index in [2.05, 4.69) is 33.4 Å². The molecule has 2 aromatic heterocycles. The van der Waals surface area contributed by atoms with Gasteiger partial charge in [0.1, 0.15) is 36.2 Å². The van der Waals surface area contributed by atoms with Crippen LogP contribution in [0.2, 0.25) is 0 Å². The normalized spacial score (nSPS) is 23.2. The van der Waals surface area contributed by atoms with Crippen LogP contribution in [0.15, 0.2) is 24.5 Å². The monoisotopic (exact) mass is 787 g/mol. The molecule has 6 atom stereocenters. The fraction of sp³-hybridized carbons (Fsp3) is 0.500. The van der Waals surface area contributed by atoms with E-state index in [1.54, 1.807) is 0 Å².